The van der Waals surface area contributed by atoms with Crippen LogP contribution in [0.3, 0.4) is 0 Å². The number of rotatable bonds is 9. The average molecular weight is 311 g/mol. The van der Waals surface area contributed by atoms with Gasteiger partial charge in [-0.2, -0.15) is 0 Å². The Morgan fingerprint density at radius 2 is 1.86 bits per heavy atom. The van der Waals surface area contributed by atoms with Gasteiger partial charge in [-0.1, -0.05) is 55.2 Å². The van der Waals surface area contributed by atoms with Crippen LogP contribution in [-0.4, -0.2) is 16.9 Å². The molecule has 2 nitrogen and oxygen atoms in total. The van der Waals surface area contributed by atoms with Crippen molar-refractivity contribution in [3.8, 4) is 0 Å². The van der Waals surface area contributed by atoms with Crippen molar-refractivity contribution >= 4 is 28.5 Å². The van der Waals surface area contributed by atoms with Gasteiger partial charge in [0, 0.05) is 17.4 Å². The molecule has 0 bridgehead atoms. The van der Waals surface area contributed by atoms with Crippen molar-refractivity contribution in [2.75, 3.05) is 11.0 Å². The molecular weight excluding hydrogens is 289 g/mol. The van der Waals surface area contributed by atoms with E-state index in [2.05, 4.69) is 34.8 Å². The number of amides is 1. The van der Waals surface area contributed by atoms with Crippen LogP contribution in [0.25, 0.3) is 0 Å². The van der Waals surface area contributed by atoms with Gasteiger partial charge in [-0.25, -0.2) is 0 Å². The first-order valence-electron chi connectivity index (χ1n) is 5.64. The second-order valence-electron chi connectivity index (χ2n) is 3.56. The molecule has 0 aliphatic carbocycles. The molecule has 1 amide bonds. The summed E-state index contributed by atoms with van der Waals surface area (Å²) in [6.45, 7) is 3.05. The molecule has 0 aromatic heterocycles. The van der Waals surface area contributed by atoms with Gasteiger partial charge >= 0.3 is 0 Å². The van der Waals surface area contributed by atoms with Crippen LogP contribution in [0.2, 0.25) is 0 Å². The Hall–Kier alpha value is 0.200. The number of halogens is 1. The molecule has 0 aromatic carbocycles. The highest BCUT2D eigenvalue weighted by Gasteiger charge is 1.99. The number of hydrogen-bond acceptors (Lipinski definition) is 1. The minimum atomic E-state index is 0.228. The van der Waals surface area contributed by atoms with E-state index < -0.39 is 0 Å². The van der Waals surface area contributed by atoms with Crippen LogP contribution in [-0.2, 0) is 4.79 Å². The second-order valence-corrected chi connectivity index (χ2v) is 4.64. The van der Waals surface area contributed by atoms with Crippen LogP contribution in [0, 0.1) is 0 Å². The van der Waals surface area contributed by atoms with Crippen molar-refractivity contribution in [2.45, 2.75) is 51.9 Å². The number of hydrogen-bond donors (Lipinski definition) is 1. The van der Waals surface area contributed by atoms with E-state index in [9.17, 15) is 4.79 Å². The molecule has 1 N–H and O–H groups in total. The number of carbonyl (C=O) groups is 1. The van der Waals surface area contributed by atoms with Gasteiger partial charge in [0.05, 0.1) is 0 Å². The van der Waals surface area contributed by atoms with Crippen molar-refractivity contribution in [3.05, 3.63) is 0 Å². The van der Waals surface area contributed by atoms with Crippen molar-refractivity contribution in [1.29, 1.82) is 0 Å². The fraction of sp³-hybridized carbons (Fsp3) is 0.909. The lowest BCUT2D eigenvalue weighted by Crippen LogP contribution is -2.24. The van der Waals surface area contributed by atoms with Crippen LogP contribution < -0.4 is 5.32 Å². The normalized spacial score (nSPS) is 10.1. The van der Waals surface area contributed by atoms with Crippen LogP contribution in [0.5, 0.6) is 0 Å². The van der Waals surface area contributed by atoms with E-state index in [1.165, 1.54) is 25.7 Å². The number of alkyl halides is 1. The molecule has 0 radical (unpaired) electrons. The van der Waals surface area contributed by atoms with Crippen molar-refractivity contribution in [3.63, 3.8) is 0 Å². The van der Waals surface area contributed by atoms with Crippen LogP contribution >= 0.6 is 22.6 Å². The van der Waals surface area contributed by atoms with Gasteiger partial charge in [0.2, 0.25) is 5.91 Å². The highest BCUT2D eigenvalue weighted by atomic mass is 127. The second kappa shape index (κ2) is 11.3. The van der Waals surface area contributed by atoms with Crippen molar-refractivity contribution in [2.24, 2.45) is 0 Å². The highest BCUT2D eigenvalue weighted by molar-refractivity contribution is 14.1. The fourth-order valence-corrected chi connectivity index (χ4v) is 1.65. The summed E-state index contributed by atoms with van der Waals surface area (Å²) >= 11 is 2.33. The first-order valence-corrected chi connectivity index (χ1v) is 7.16. The number of nitrogens with one attached hydrogen (secondary N) is 1. The Balaban J connectivity index is 3.10. The molecule has 0 rings (SSSR count). The van der Waals surface area contributed by atoms with Crippen LogP contribution in [0.4, 0.5) is 0 Å². The highest BCUT2D eigenvalue weighted by Crippen LogP contribution is 2.04. The molecule has 0 heterocycles. The molecule has 3 heteroatoms. The van der Waals surface area contributed by atoms with Crippen LogP contribution in [0.1, 0.15) is 51.9 Å². The summed E-state index contributed by atoms with van der Waals surface area (Å²) < 4.78 is 1.12. The summed E-state index contributed by atoms with van der Waals surface area (Å²) in [5.41, 5.74) is 0. The predicted molar refractivity (Wildman–Crippen MR) is 69.9 cm³/mol. The first-order chi connectivity index (χ1) is 6.81. The molecule has 0 unspecified atom stereocenters. The Kier molecular flexibility index (Phi) is 11.4. The Labute approximate surface area is 101 Å². The quantitative estimate of drug-likeness (QED) is 0.395. The molecule has 84 valence electrons. The van der Waals surface area contributed by atoms with Gasteiger partial charge in [-0.3, -0.25) is 4.79 Å². The lowest BCUT2D eigenvalue weighted by atomic mass is 10.1. The van der Waals surface area contributed by atoms with Gasteiger partial charge < -0.3 is 5.32 Å². The van der Waals surface area contributed by atoms with Gasteiger partial charge in [-0.05, 0) is 12.8 Å². The maximum Gasteiger partial charge on any atom is 0.219 e. The Bertz CT molecular complexity index is 139. The van der Waals surface area contributed by atoms with Gasteiger partial charge in [0.15, 0.2) is 0 Å². The van der Waals surface area contributed by atoms with E-state index in [0.717, 1.165) is 23.8 Å². The largest absolute Gasteiger partial charge is 0.356 e. The van der Waals surface area contributed by atoms with Crippen LogP contribution in [0.15, 0.2) is 0 Å². The fourth-order valence-electron chi connectivity index (χ4n) is 1.27. The van der Waals surface area contributed by atoms with E-state index >= 15 is 0 Å². The molecular formula is C11H22INO. The first kappa shape index (κ1) is 14.2. The zero-order chi connectivity index (χ0) is 10.6. The summed E-state index contributed by atoms with van der Waals surface area (Å²) in [7, 11) is 0. The Morgan fingerprint density at radius 1 is 1.14 bits per heavy atom. The third-order valence-corrected chi connectivity index (χ3v) is 2.90. The minimum Gasteiger partial charge on any atom is -0.356 e. The average Bonchev–Trinajstić information content (AvgIpc) is 2.18. The summed E-state index contributed by atoms with van der Waals surface area (Å²) in [6, 6.07) is 0. The lowest BCUT2D eigenvalue weighted by Gasteiger charge is -2.03. The van der Waals surface area contributed by atoms with Crippen molar-refractivity contribution < 1.29 is 4.79 Å². The number of carbonyl (C=O) groups excluding carboxylic acids is 1. The summed E-state index contributed by atoms with van der Waals surface area (Å²) in [5.74, 6) is 0.228. The SMILES string of the molecule is CCCCCCCC(=O)NCCCI. The molecule has 0 aliphatic rings. The molecule has 0 saturated heterocycles. The van der Waals surface area contributed by atoms with E-state index in [1.54, 1.807) is 0 Å². The molecule has 0 aromatic rings. The van der Waals surface area contributed by atoms with Gasteiger partial charge in [0.1, 0.15) is 0 Å². The van der Waals surface area contributed by atoms with E-state index in [-0.39, 0.29) is 5.91 Å². The monoisotopic (exact) mass is 311 g/mol. The minimum absolute atomic E-state index is 0.228. The number of unbranched alkanes of at least 4 members (excludes halogenated alkanes) is 4. The van der Waals surface area contributed by atoms with Gasteiger partial charge in [-0.15, -0.1) is 0 Å². The topological polar surface area (TPSA) is 29.1 Å². The summed E-state index contributed by atoms with van der Waals surface area (Å²) in [5, 5.41) is 2.93. The molecule has 0 fully saturated rings. The van der Waals surface area contributed by atoms with E-state index in [4.69, 9.17) is 0 Å². The molecule has 0 atom stereocenters. The summed E-state index contributed by atoms with van der Waals surface area (Å²) in [4.78, 5) is 11.2. The molecule has 0 saturated carbocycles. The molecule has 14 heavy (non-hydrogen) atoms. The summed E-state index contributed by atoms with van der Waals surface area (Å²) in [6.07, 6.45) is 7.90. The van der Waals surface area contributed by atoms with E-state index in [1.807, 2.05) is 0 Å². The van der Waals surface area contributed by atoms with Crippen molar-refractivity contribution in [1.82, 2.24) is 5.32 Å². The maximum atomic E-state index is 11.2. The smallest absolute Gasteiger partial charge is 0.219 e. The third-order valence-electron chi connectivity index (χ3n) is 2.14. The maximum absolute atomic E-state index is 11.2. The lowest BCUT2D eigenvalue weighted by molar-refractivity contribution is -0.121. The molecule has 0 aliphatic heterocycles. The zero-order valence-corrected chi connectivity index (χ0v) is 11.3. The molecule has 0 spiro atoms. The Morgan fingerprint density at radius 3 is 2.50 bits per heavy atom. The van der Waals surface area contributed by atoms with Gasteiger partial charge in [0.25, 0.3) is 0 Å². The standard InChI is InChI=1S/C11H22INO/c1-2-3-4-5-6-8-11(14)13-10-7-9-12/h2-10H2,1H3,(H,13,14). The third kappa shape index (κ3) is 10.3. The zero-order valence-electron chi connectivity index (χ0n) is 9.15. The van der Waals surface area contributed by atoms with E-state index in [0.29, 0.717) is 6.42 Å². The predicted octanol–water partition coefficient (Wildman–Crippen LogP) is 3.29.